The minimum atomic E-state index is -4.35. The molecule has 0 radical (unpaired) electrons. The molecule has 0 aliphatic rings. The van der Waals surface area contributed by atoms with Crippen LogP contribution in [0.25, 0.3) is 0 Å². The Labute approximate surface area is 125 Å². The molecule has 22 heavy (non-hydrogen) atoms. The lowest BCUT2D eigenvalue weighted by Gasteiger charge is -2.05. The third-order valence-corrected chi connectivity index (χ3v) is 2.87. The predicted octanol–water partition coefficient (Wildman–Crippen LogP) is 4.13. The molecule has 6 heteroatoms. The zero-order valence-corrected chi connectivity index (χ0v) is 11.3. The van der Waals surface area contributed by atoms with Crippen molar-refractivity contribution in [2.45, 2.75) is 12.8 Å². The van der Waals surface area contributed by atoms with Gasteiger partial charge in [0.25, 0.3) is 0 Å². The number of hydrogen-bond donors (Lipinski definition) is 0. The van der Waals surface area contributed by atoms with E-state index in [-0.39, 0.29) is 6.61 Å². The van der Waals surface area contributed by atoms with Crippen LogP contribution in [0.5, 0.6) is 0 Å². The van der Waals surface area contributed by atoms with Gasteiger partial charge in [-0.3, -0.25) is 0 Å². The summed E-state index contributed by atoms with van der Waals surface area (Å²) in [7, 11) is 0. The summed E-state index contributed by atoms with van der Waals surface area (Å²) in [5.41, 5.74) is 0.955. The van der Waals surface area contributed by atoms with E-state index < -0.39 is 11.7 Å². The number of alkyl halides is 3. The molecule has 112 valence electrons. The van der Waals surface area contributed by atoms with Crippen LogP contribution in [0.3, 0.4) is 0 Å². The van der Waals surface area contributed by atoms with Gasteiger partial charge in [-0.25, -0.2) is 0 Å². The fraction of sp³-hybridized carbons (Fsp3) is 0.125. The Morgan fingerprint density at radius 1 is 1.09 bits per heavy atom. The minimum Gasteiger partial charge on any atom is -0.391 e. The molecule has 0 bridgehead atoms. The highest BCUT2D eigenvalue weighted by atomic mass is 19.4. The lowest BCUT2D eigenvalue weighted by molar-refractivity contribution is -0.137. The first-order valence-corrected chi connectivity index (χ1v) is 6.31. The molecule has 0 aliphatic heterocycles. The largest absolute Gasteiger partial charge is 0.416 e. The maximum Gasteiger partial charge on any atom is 0.416 e. The monoisotopic (exact) mass is 304 g/mol. The predicted molar refractivity (Wildman–Crippen MR) is 75.0 cm³/mol. The molecule has 0 aromatic heterocycles. The topological polar surface area (TPSA) is 45.4 Å². The Morgan fingerprint density at radius 3 is 2.41 bits per heavy atom. The Kier molecular flexibility index (Phi) is 4.79. The molecule has 0 heterocycles. The zero-order valence-electron chi connectivity index (χ0n) is 11.3. The van der Waals surface area contributed by atoms with Crippen LogP contribution in [0.15, 0.2) is 53.7 Å². The van der Waals surface area contributed by atoms with Gasteiger partial charge in [-0.2, -0.15) is 18.4 Å². The summed E-state index contributed by atoms with van der Waals surface area (Å²) in [5.74, 6) is 0. The van der Waals surface area contributed by atoms with Gasteiger partial charge >= 0.3 is 6.18 Å². The SMILES string of the molecule is N#Cc1ccccc1CO/N=C\c1ccc(C(F)(F)F)cc1. The Bertz CT molecular complexity index is 701. The number of halogens is 3. The van der Waals surface area contributed by atoms with Crippen LogP contribution in [0.2, 0.25) is 0 Å². The highest BCUT2D eigenvalue weighted by molar-refractivity contribution is 5.79. The first-order chi connectivity index (χ1) is 10.5. The van der Waals surface area contributed by atoms with Crippen molar-refractivity contribution in [2.75, 3.05) is 0 Å². The third-order valence-electron chi connectivity index (χ3n) is 2.87. The maximum absolute atomic E-state index is 12.4. The summed E-state index contributed by atoms with van der Waals surface area (Å²) in [6, 6.07) is 13.5. The number of oxime groups is 1. The van der Waals surface area contributed by atoms with E-state index in [1.807, 2.05) is 6.07 Å². The second-order valence-electron chi connectivity index (χ2n) is 4.40. The molecule has 2 rings (SSSR count). The fourth-order valence-corrected chi connectivity index (χ4v) is 1.72. The van der Waals surface area contributed by atoms with Gasteiger partial charge in [-0.05, 0) is 23.8 Å². The highest BCUT2D eigenvalue weighted by Crippen LogP contribution is 2.28. The molecule has 0 spiro atoms. The second kappa shape index (κ2) is 6.76. The smallest absolute Gasteiger partial charge is 0.391 e. The van der Waals surface area contributed by atoms with E-state index in [1.54, 1.807) is 24.3 Å². The van der Waals surface area contributed by atoms with Crippen molar-refractivity contribution in [1.29, 1.82) is 5.26 Å². The fourth-order valence-electron chi connectivity index (χ4n) is 1.72. The minimum absolute atomic E-state index is 0.112. The van der Waals surface area contributed by atoms with Crippen molar-refractivity contribution in [3.05, 3.63) is 70.8 Å². The average Bonchev–Trinajstić information content (AvgIpc) is 2.51. The molecule has 2 aromatic rings. The summed E-state index contributed by atoms with van der Waals surface area (Å²) in [4.78, 5) is 5.06. The Hall–Kier alpha value is -2.81. The molecule has 0 saturated heterocycles. The number of rotatable bonds is 4. The van der Waals surface area contributed by atoms with Gasteiger partial charge < -0.3 is 4.84 Å². The van der Waals surface area contributed by atoms with E-state index in [4.69, 9.17) is 10.1 Å². The zero-order chi connectivity index (χ0) is 16.0. The van der Waals surface area contributed by atoms with E-state index in [0.717, 1.165) is 12.1 Å². The average molecular weight is 304 g/mol. The molecule has 0 atom stereocenters. The summed E-state index contributed by atoms with van der Waals surface area (Å²) < 4.78 is 37.2. The Morgan fingerprint density at radius 2 is 1.77 bits per heavy atom. The van der Waals surface area contributed by atoms with Crippen LogP contribution < -0.4 is 0 Å². The van der Waals surface area contributed by atoms with Gasteiger partial charge in [-0.1, -0.05) is 35.5 Å². The van der Waals surface area contributed by atoms with Gasteiger partial charge in [0.2, 0.25) is 0 Å². The number of nitriles is 1. The van der Waals surface area contributed by atoms with Crippen LogP contribution >= 0.6 is 0 Å². The quantitative estimate of drug-likeness (QED) is 0.630. The van der Waals surface area contributed by atoms with E-state index in [9.17, 15) is 13.2 Å². The van der Waals surface area contributed by atoms with Gasteiger partial charge in [0.1, 0.15) is 6.61 Å². The number of benzene rings is 2. The first-order valence-electron chi connectivity index (χ1n) is 6.31. The molecule has 2 aromatic carbocycles. The molecule has 0 unspecified atom stereocenters. The lowest BCUT2D eigenvalue weighted by Crippen LogP contribution is -2.04. The van der Waals surface area contributed by atoms with Crippen LogP contribution in [0.1, 0.15) is 22.3 Å². The van der Waals surface area contributed by atoms with Crippen molar-refractivity contribution in [2.24, 2.45) is 5.16 Å². The molecule has 0 N–H and O–H groups in total. The summed E-state index contributed by atoms with van der Waals surface area (Å²) in [6.45, 7) is 0.112. The highest BCUT2D eigenvalue weighted by Gasteiger charge is 2.29. The van der Waals surface area contributed by atoms with Gasteiger partial charge in [0.05, 0.1) is 23.4 Å². The number of nitrogens with zero attached hydrogens (tertiary/aromatic N) is 2. The van der Waals surface area contributed by atoms with Crippen molar-refractivity contribution >= 4 is 6.21 Å². The van der Waals surface area contributed by atoms with E-state index in [0.29, 0.717) is 16.7 Å². The van der Waals surface area contributed by atoms with E-state index in [1.165, 1.54) is 18.3 Å². The van der Waals surface area contributed by atoms with Gasteiger partial charge in [0.15, 0.2) is 0 Å². The Balaban J connectivity index is 1.94. The van der Waals surface area contributed by atoms with Crippen molar-refractivity contribution in [3.8, 4) is 6.07 Å². The molecule has 0 aliphatic carbocycles. The molecular formula is C16H11F3N2O. The van der Waals surface area contributed by atoms with E-state index >= 15 is 0 Å². The maximum atomic E-state index is 12.4. The normalized spacial score (nSPS) is 11.4. The summed E-state index contributed by atoms with van der Waals surface area (Å²) in [5, 5.41) is 12.6. The van der Waals surface area contributed by atoms with Crippen LogP contribution in [0, 0.1) is 11.3 Å². The summed E-state index contributed by atoms with van der Waals surface area (Å²) in [6.07, 6.45) is -3.04. The standard InChI is InChI=1S/C16H11F3N2O/c17-16(18,19)15-7-5-12(6-8-15)10-21-22-11-14-4-2-1-3-13(14)9-20/h1-8,10H,11H2/b21-10-. The molecular weight excluding hydrogens is 293 g/mol. The third kappa shape index (κ3) is 4.09. The molecule has 0 amide bonds. The summed E-state index contributed by atoms with van der Waals surface area (Å²) >= 11 is 0. The molecule has 3 nitrogen and oxygen atoms in total. The van der Waals surface area contributed by atoms with Crippen LogP contribution in [0.4, 0.5) is 13.2 Å². The van der Waals surface area contributed by atoms with E-state index in [2.05, 4.69) is 5.16 Å². The number of hydrogen-bond acceptors (Lipinski definition) is 3. The molecule has 0 fully saturated rings. The van der Waals surface area contributed by atoms with Crippen molar-refractivity contribution in [3.63, 3.8) is 0 Å². The second-order valence-corrected chi connectivity index (χ2v) is 4.40. The molecule has 0 saturated carbocycles. The first kappa shape index (κ1) is 15.6. The van der Waals surface area contributed by atoms with Gasteiger partial charge in [0, 0.05) is 5.56 Å². The van der Waals surface area contributed by atoms with Crippen molar-refractivity contribution in [1.82, 2.24) is 0 Å². The van der Waals surface area contributed by atoms with Crippen LogP contribution in [-0.2, 0) is 17.6 Å². The lowest BCUT2D eigenvalue weighted by atomic mass is 10.1. The van der Waals surface area contributed by atoms with Crippen molar-refractivity contribution < 1.29 is 18.0 Å². The van der Waals surface area contributed by atoms with Gasteiger partial charge in [-0.15, -0.1) is 0 Å². The van der Waals surface area contributed by atoms with Crippen LogP contribution in [-0.4, -0.2) is 6.21 Å².